The van der Waals surface area contributed by atoms with Gasteiger partial charge in [-0.15, -0.1) is 0 Å². The van der Waals surface area contributed by atoms with Gasteiger partial charge in [0.05, 0.1) is 11.5 Å². The summed E-state index contributed by atoms with van der Waals surface area (Å²) in [5, 5.41) is 6.32. The first-order chi connectivity index (χ1) is 10.5. The number of sulfone groups is 1. The number of rotatable bonds is 6. The highest BCUT2D eigenvalue weighted by Crippen LogP contribution is 2.15. The van der Waals surface area contributed by atoms with E-state index in [9.17, 15) is 13.2 Å². The van der Waals surface area contributed by atoms with E-state index in [0.717, 1.165) is 6.42 Å². The van der Waals surface area contributed by atoms with Crippen LogP contribution in [0.15, 0.2) is 0 Å². The molecule has 1 unspecified atom stereocenters. The highest BCUT2D eigenvalue weighted by molar-refractivity contribution is 7.91. The molecule has 6 nitrogen and oxygen atoms in total. The van der Waals surface area contributed by atoms with Gasteiger partial charge in [-0.3, -0.25) is 0 Å². The van der Waals surface area contributed by atoms with E-state index in [2.05, 4.69) is 24.5 Å². The van der Waals surface area contributed by atoms with Gasteiger partial charge in [-0.25, -0.2) is 13.2 Å². The fraction of sp³-hybridized carbons (Fsp3) is 0.938. The lowest BCUT2D eigenvalue weighted by molar-refractivity contribution is 0.0519. The summed E-state index contributed by atoms with van der Waals surface area (Å²) in [7, 11) is -2.85. The first-order valence-electron chi connectivity index (χ1n) is 8.40. The van der Waals surface area contributed by atoms with Gasteiger partial charge < -0.3 is 15.4 Å². The molecule has 1 atom stereocenters. The molecular weight excluding hydrogens is 316 g/mol. The monoisotopic (exact) mass is 348 g/mol. The van der Waals surface area contributed by atoms with Crippen LogP contribution in [0.25, 0.3) is 0 Å². The first kappa shape index (κ1) is 20.2. The molecule has 1 heterocycles. The van der Waals surface area contributed by atoms with Crippen molar-refractivity contribution in [3.63, 3.8) is 0 Å². The fourth-order valence-corrected chi connectivity index (χ4v) is 4.18. The second-order valence-corrected chi connectivity index (χ2v) is 10.1. The lowest BCUT2D eigenvalue weighted by Gasteiger charge is -2.30. The summed E-state index contributed by atoms with van der Waals surface area (Å²) < 4.78 is 28.3. The summed E-state index contributed by atoms with van der Waals surface area (Å²) in [6, 6.07) is 0.316. The number of ether oxygens (including phenoxy) is 1. The highest BCUT2D eigenvalue weighted by Gasteiger charge is 2.26. The van der Waals surface area contributed by atoms with Crippen molar-refractivity contribution in [3.05, 3.63) is 0 Å². The molecule has 1 rings (SSSR count). The van der Waals surface area contributed by atoms with Crippen molar-refractivity contribution in [2.75, 3.05) is 18.1 Å². The van der Waals surface area contributed by atoms with Crippen LogP contribution in [0.4, 0.5) is 4.79 Å². The van der Waals surface area contributed by atoms with Crippen molar-refractivity contribution in [2.45, 2.75) is 71.6 Å². The summed E-state index contributed by atoms with van der Waals surface area (Å²) in [6.45, 7) is 10.2. The lowest BCUT2D eigenvalue weighted by Crippen LogP contribution is -2.49. The van der Waals surface area contributed by atoms with Crippen LogP contribution in [0.1, 0.15) is 53.9 Å². The minimum absolute atomic E-state index is 0.119. The van der Waals surface area contributed by atoms with Gasteiger partial charge >= 0.3 is 6.09 Å². The third-order valence-corrected chi connectivity index (χ3v) is 5.39. The molecule has 1 aliphatic rings. The minimum atomic E-state index is -2.85. The molecule has 1 fully saturated rings. The molecule has 0 aliphatic carbocycles. The molecule has 1 amide bonds. The van der Waals surface area contributed by atoms with E-state index in [1.54, 1.807) is 0 Å². The molecule has 0 bridgehead atoms. The van der Waals surface area contributed by atoms with E-state index in [4.69, 9.17) is 4.74 Å². The van der Waals surface area contributed by atoms with E-state index in [1.165, 1.54) is 0 Å². The quantitative estimate of drug-likeness (QED) is 0.768. The van der Waals surface area contributed by atoms with E-state index >= 15 is 0 Å². The second-order valence-electron chi connectivity index (χ2n) is 7.80. The number of amides is 1. The maximum Gasteiger partial charge on any atom is 0.407 e. The molecule has 0 aromatic heterocycles. The summed E-state index contributed by atoms with van der Waals surface area (Å²) in [5.41, 5.74) is -0.511. The van der Waals surface area contributed by atoms with Crippen LogP contribution in [-0.2, 0) is 14.6 Å². The van der Waals surface area contributed by atoms with E-state index in [0.29, 0.717) is 25.3 Å². The number of nitrogens with one attached hydrogen (secondary N) is 2. The largest absolute Gasteiger partial charge is 0.444 e. The number of hydrogen-bond acceptors (Lipinski definition) is 5. The average molecular weight is 349 g/mol. The van der Waals surface area contributed by atoms with Crippen LogP contribution in [-0.4, -0.2) is 50.2 Å². The van der Waals surface area contributed by atoms with Gasteiger partial charge in [-0.2, -0.15) is 0 Å². The Labute approximate surface area is 140 Å². The summed E-state index contributed by atoms with van der Waals surface area (Å²) in [6.07, 6.45) is 1.78. The van der Waals surface area contributed by atoms with Gasteiger partial charge in [0.2, 0.25) is 0 Å². The van der Waals surface area contributed by atoms with Crippen molar-refractivity contribution >= 4 is 15.9 Å². The van der Waals surface area contributed by atoms with E-state index < -0.39 is 21.5 Å². The number of carbonyl (C=O) groups is 1. The Balaban J connectivity index is 2.48. The zero-order valence-corrected chi connectivity index (χ0v) is 15.8. The number of alkyl carbamates (subject to hydrolysis) is 1. The smallest absolute Gasteiger partial charge is 0.407 e. The van der Waals surface area contributed by atoms with Crippen molar-refractivity contribution < 1.29 is 17.9 Å². The Morgan fingerprint density at radius 1 is 1.22 bits per heavy atom. The van der Waals surface area contributed by atoms with Crippen molar-refractivity contribution in [1.82, 2.24) is 10.6 Å². The zero-order chi connectivity index (χ0) is 17.7. The van der Waals surface area contributed by atoms with Crippen LogP contribution in [0.5, 0.6) is 0 Å². The van der Waals surface area contributed by atoms with Gasteiger partial charge in [0.1, 0.15) is 15.4 Å². The standard InChI is InChI=1S/C16H32N2O4S/c1-12(2)10-14(11-17-15(19)22-16(3,4)5)18-13-6-8-23(20,21)9-7-13/h12-14,18H,6-11H2,1-5H3,(H,17,19). The summed E-state index contributed by atoms with van der Waals surface area (Å²) >= 11 is 0. The molecule has 23 heavy (non-hydrogen) atoms. The SMILES string of the molecule is CC(C)CC(CNC(=O)OC(C)(C)C)NC1CCS(=O)(=O)CC1. The Hall–Kier alpha value is -0.820. The molecule has 0 aromatic rings. The van der Waals surface area contributed by atoms with E-state index in [1.807, 2.05) is 20.8 Å². The number of hydrogen-bond donors (Lipinski definition) is 2. The molecule has 1 saturated heterocycles. The average Bonchev–Trinajstić information content (AvgIpc) is 2.36. The maximum atomic E-state index is 11.8. The highest BCUT2D eigenvalue weighted by atomic mass is 32.2. The van der Waals surface area contributed by atoms with Crippen LogP contribution in [0, 0.1) is 5.92 Å². The summed E-state index contributed by atoms with van der Waals surface area (Å²) in [5.74, 6) is 0.983. The Morgan fingerprint density at radius 2 is 1.78 bits per heavy atom. The van der Waals surface area contributed by atoms with Crippen molar-refractivity contribution in [3.8, 4) is 0 Å². The lowest BCUT2D eigenvalue weighted by atomic mass is 10.0. The van der Waals surface area contributed by atoms with Gasteiger partial charge in [-0.05, 0) is 46.0 Å². The van der Waals surface area contributed by atoms with Crippen LogP contribution in [0.3, 0.4) is 0 Å². The number of carbonyl (C=O) groups excluding carboxylic acids is 1. The zero-order valence-electron chi connectivity index (χ0n) is 15.0. The van der Waals surface area contributed by atoms with Gasteiger partial charge in [0.25, 0.3) is 0 Å². The maximum absolute atomic E-state index is 11.8. The molecule has 1 aliphatic heterocycles. The molecule has 2 N–H and O–H groups in total. The molecule has 0 saturated carbocycles. The Kier molecular flexibility index (Phi) is 7.32. The molecule has 0 radical (unpaired) electrons. The molecule has 136 valence electrons. The third kappa shape index (κ3) is 9.15. The minimum Gasteiger partial charge on any atom is -0.444 e. The van der Waals surface area contributed by atoms with Crippen LogP contribution < -0.4 is 10.6 Å². The second kappa shape index (κ2) is 8.33. The third-order valence-electron chi connectivity index (χ3n) is 3.67. The molecule has 0 aromatic carbocycles. The molecular formula is C16H32N2O4S. The topological polar surface area (TPSA) is 84.5 Å². The Morgan fingerprint density at radius 3 is 2.26 bits per heavy atom. The Bertz CT molecular complexity index is 469. The van der Waals surface area contributed by atoms with Gasteiger partial charge in [0, 0.05) is 18.6 Å². The predicted molar refractivity (Wildman–Crippen MR) is 92.3 cm³/mol. The van der Waals surface area contributed by atoms with Gasteiger partial charge in [0.15, 0.2) is 0 Å². The van der Waals surface area contributed by atoms with Crippen LogP contribution >= 0.6 is 0 Å². The summed E-state index contributed by atoms with van der Waals surface area (Å²) in [4.78, 5) is 11.8. The fourth-order valence-electron chi connectivity index (χ4n) is 2.69. The van der Waals surface area contributed by atoms with Crippen LogP contribution in [0.2, 0.25) is 0 Å². The normalized spacial score (nSPS) is 20.3. The van der Waals surface area contributed by atoms with Gasteiger partial charge in [-0.1, -0.05) is 13.8 Å². The van der Waals surface area contributed by atoms with Crippen molar-refractivity contribution in [2.24, 2.45) is 5.92 Å². The van der Waals surface area contributed by atoms with E-state index in [-0.39, 0.29) is 23.6 Å². The first-order valence-corrected chi connectivity index (χ1v) is 10.2. The predicted octanol–water partition coefficient (Wildman–Crippen LogP) is 2.09. The molecule has 0 spiro atoms. The van der Waals surface area contributed by atoms with Crippen molar-refractivity contribution in [1.29, 1.82) is 0 Å². The molecule has 7 heteroatoms.